The molecular weight excluding hydrogens is 414 g/mol. The van der Waals surface area contributed by atoms with Crippen molar-refractivity contribution in [2.45, 2.75) is 18.6 Å². The summed E-state index contributed by atoms with van der Waals surface area (Å²) in [5, 5.41) is 23.9. The Balaban J connectivity index is 1.62. The molecule has 0 spiro atoms. The first-order chi connectivity index (χ1) is 15.0. The molecule has 0 aliphatic carbocycles. The van der Waals surface area contributed by atoms with Gasteiger partial charge in [0.2, 0.25) is 5.91 Å². The molecule has 1 aromatic heterocycles. The Morgan fingerprint density at radius 2 is 1.97 bits per heavy atom. The van der Waals surface area contributed by atoms with E-state index in [1.54, 1.807) is 10.9 Å². The van der Waals surface area contributed by atoms with E-state index in [-0.39, 0.29) is 17.5 Å². The third kappa shape index (κ3) is 4.89. The van der Waals surface area contributed by atoms with Crippen LogP contribution in [0.5, 0.6) is 0 Å². The highest BCUT2D eigenvalue weighted by molar-refractivity contribution is 8.15. The monoisotopic (exact) mass is 433 g/mol. The molecule has 1 atom stereocenters. The molecule has 0 radical (unpaired) electrons. The molecule has 1 amide bonds. The number of rotatable bonds is 6. The van der Waals surface area contributed by atoms with Crippen LogP contribution < -0.4 is 5.32 Å². The highest BCUT2D eigenvalue weighted by atomic mass is 32.2. The van der Waals surface area contributed by atoms with Crippen molar-refractivity contribution in [2.24, 2.45) is 10.2 Å². The van der Waals surface area contributed by atoms with Crippen LogP contribution in [0.15, 0.2) is 71.0 Å². The summed E-state index contributed by atoms with van der Waals surface area (Å²) in [5.41, 5.74) is 4.52. The molecule has 4 rings (SSSR count). The van der Waals surface area contributed by atoms with Gasteiger partial charge in [-0.25, -0.2) is 4.68 Å². The van der Waals surface area contributed by atoms with Crippen molar-refractivity contribution in [3.63, 3.8) is 0 Å². The maximum atomic E-state index is 11.8. The van der Waals surface area contributed by atoms with E-state index in [1.165, 1.54) is 0 Å². The molecule has 1 fully saturated rings. The Bertz CT molecular complexity index is 1170. The molecule has 1 unspecified atom stereocenters. The minimum atomic E-state index is -1.03. The van der Waals surface area contributed by atoms with Gasteiger partial charge in [-0.1, -0.05) is 59.8 Å². The number of amidine groups is 1. The molecule has 8 nitrogen and oxygen atoms in total. The van der Waals surface area contributed by atoms with Gasteiger partial charge in [-0.15, -0.1) is 5.10 Å². The van der Waals surface area contributed by atoms with Gasteiger partial charge in [0.15, 0.2) is 5.17 Å². The third-order valence-electron chi connectivity index (χ3n) is 4.57. The molecule has 9 heteroatoms. The van der Waals surface area contributed by atoms with Gasteiger partial charge in [0.1, 0.15) is 10.9 Å². The Morgan fingerprint density at radius 3 is 2.68 bits per heavy atom. The highest BCUT2D eigenvalue weighted by Crippen LogP contribution is 2.24. The van der Waals surface area contributed by atoms with Crippen molar-refractivity contribution in [3.8, 4) is 16.9 Å². The number of carbonyl (C=O) groups is 2. The van der Waals surface area contributed by atoms with Gasteiger partial charge in [0, 0.05) is 17.3 Å². The second-order valence-electron chi connectivity index (χ2n) is 6.92. The number of aliphatic carboxylic acids is 1. The first-order valence-electron chi connectivity index (χ1n) is 9.52. The summed E-state index contributed by atoms with van der Waals surface area (Å²) in [7, 11) is 0. The number of nitrogens with zero attached hydrogens (tertiary/aromatic N) is 4. The predicted molar refractivity (Wildman–Crippen MR) is 121 cm³/mol. The number of aromatic nitrogens is 2. The van der Waals surface area contributed by atoms with Crippen molar-refractivity contribution >= 4 is 35.0 Å². The van der Waals surface area contributed by atoms with E-state index in [2.05, 4.69) is 15.5 Å². The molecule has 0 saturated carbocycles. The standard InChI is InChI=1S/C22H19N5O3S/c1-14-7-9-15(10-8-14)20-16(13-27(26-20)17-5-3-2-4-6-17)12-23-25-22-24-21(30)18(31-22)11-19(28)29/h2-10,12-13,18H,11H2,1H3,(H,28,29)(H,24,25,30)/b23-12-. The molecule has 2 N–H and O–H groups in total. The van der Waals surface area contributed by atoms with Crippen molar-refractivity contribution in [1.29, 1.82) is 0 Å². The van der Waals surface area contributed by atoms with Crippen LogP contribution >= 0.6 is 11.8 Å². The average Bonchev–Trinajstić information content (AvgIpc) is 3.33. The molecule has 0 bridgehead atoms. The van der Waals surface area contributed by atoms with Crippen LogP contribution in [0.25, 0.3) is 16.9 Å². The summed E-state index contributed by atoms with van der Waals surface area (Å²) < 4.78 is 1.78. The number of carboxylic acids is 1. The Morgan fingerprint density at radius 1 is 1.23 bits per heavy atom. The van der Waals surface area contributed by atoms with Gasteiger partial charge in [-0.3, -0.25) is 9.59 Å². The van der Waals surface area contributed by atoms with E-state index in [0.717, 1.165) is 39.8 Å². The summed E-state index contributed by atoms with van der Waals surface area (Å²) in [6.45, 7) is 2.02. The van der Waals surface area contributed by atoms with E-state index in [4.69, 9.17) is 10.2 Å². The summed E-state index contributed by atoms with van der Waals surface area (Å²) in [6.07, 6.45) is 3.17. The lowest BCUT2D eigenvalue weighted by atomic mass is 10.1. The number of aryl methyl sites for hydroxylation is 1. The molecule has 31 heavy (non-hydrogen) atoms. The quantitative estimate of drug-likeness (QED) is 0.458. The van der Waals surface area contributed by atoms with Crippen LogP contribution in [0, 0.1) is 6.92 Å². The number of thioether (sulfide) groups is 1. The van der Waals surface area contributed by atoms with Crippen LogP contribution in [0.4, 0.5) is 0 Å². The molecule has 156 valence electrons. The zero-order chi connectivity index (χ0) is 21.8. The van der Waals surface area contributed by atoms with Gasteiger partial charge in [0.05, 0.1) is 18.3 Å². The number of hydrogen-bond donors (Lipinski definition) is 2. The van der Waals surface area contributed by atoms with Gasteiger partial charge in [-0.05, 0) is 19.1 Å². The number of amides is 1. The van der Waals surface area contributed by atoms with Gasteiger partial charge >= 0.3 is 5.97 Å². The molecule has 1 aliphatic rings. The maximum Gasteiger partial charge on any atom is 0.305 e. The zero-order valence-corrected chi connectivity index (χ0v) is 17.4. The minimum absolute atomic E-state index is 0.263. The number of hydrogen-bond acceptors (Lipinski definition) is 6. The van der Waals surface area contributed by atoms with Crippen molar-refractivity contribution in [2.75, 3.05) is 0 Å². The lowest BCUT2D eigenvalue weighted by Gasteiger charge is -2.01. The number of para-hydroxylation sites is 1. The number of nitrogens with one attached hydrogen (secondary N) is 1. The second kappa shape index (κ2) is 8.97. The van der Waals surface area contributed by atoms with Crippen LogP contribution in [0.1, 0.15) is 17.5 Å². The van der Waals surface area contributed by atoms with E-state index >= 15 is 0 Å². The number of carbonyl (C=O) groups excluding carboxylic acids is 1. The summed E-state index contributed by atoms with van der Waals surface area (Å²) in [4.78, 5) is 22.7. The van der Waals surface area contributed by atoms with E-state index in [9.17, 15) is 9.59 Å². The van der Waals surface area contributed by atoms with E-state index < -0.39 is 11.2 Å². The number of benzene rings is 2. The summed E-state index contributed by atoms with van der Waals surface area (Å²) in [5.74, 6) is -1.41. The molecule has 2 heterocycles. The van der Waals surface area contributed by atoms with E-state index in [0.29, 0.717) is 0 Å². The molecule has 1 saturated heterocycles. The van der Waals surface area contributed by atoms with Crippen LogP contribution in [-0.4, -0.2) is 43.4 Å². The zero-order valence-electron chi connectivity index (χ0n) is 16.6. The smallest absolute Gasteiger partial charge is 0.305 e. The van der Waals surface area contributed by atoms with Crippen LogP contribution in [-0.2, 0) is 9.59 Å². The molecular formula is C22H19N5O3S. The Hall–Kier alpha value is -3.72. The van der Waals surface area contributed by atoms with Crippen LogP contribution in [0.2, 0.25) is 0 Å². The maximum absolute atomic E-state index is 11.8. The fourth-order valence-corrected chi connectivity index (χ4v) is 3.93. The number of carboxylic acid groups (broad SMARTS) is 1. The Labute approximate surface area is 182 Å². The summed E-state index contributed by atoms with van der Waals surface area (Å²) >= 11 is 1.06. The molecule has 1 aliphatic heterocycles. The van der Waals surface area contributed by atoms with Crippen LogP contribution in [0.3, 0.4) is 0 Å². The van der Waals surface area contributed by atoms with Gasteiger partial charge in [0.25, 0.3) is 0 Å². The van der Waals surface area contributed by atoms with Crippen molar-refractivity contribution < 1.29 is 14.7 Å². The predicted octanol–water partition coefficient (Wildman–Crippen LogP) is 3.24. The lowest BCUT2D eigenvalue weighted by Crippen LogP contribution is -2.26. The van der Waals surface area contributed by atoms with E-state index in [1.807, 2.05) is 67.7 Å². The SMILES string of the molecule is Cc1ccc(-c2nn(-c3ccccc3)cc2/C=N\N=C2\NC(=O)C(CC(=O)O)S2)cc1. The lowest BCUT2D eigenvalue weighted by molar-refractivity contribution is -0.138. The molecule has 2 aromatic carbocycles. The largest absolute Gasteiger partial charge is 0.481 e. The Kier molecular flexibility index (Phi) is 5.94. The fourth-order valence-electron chi connectivity index (χ4n) is 3.02. The van der Waals surface area contributed by atoms with Gasteiger partial charge in [-0.2, -0.15) is 10.2 Å². The highest BCUT2D eigenvalue weighted by Gasteiger charge is 2.32. The molecule has 3 aromatic rings. The first kappa shape index (κ1) is 20.5. The average molecular weight is 433 g/mol. The topological polar surface area (TPSA) is 109 Å². The summed E-state index contributed by atoms with van der Waals surface area (Å²) in [6, 6.07) is 17.8. The second-order valence-corrected chi connectivity index (χ2v) is 8.11. The first-order valence-corrected chi connectivity index (χ1v) is 10.4. The third-order valence-corrected chi connectivity index (χ3v) is 5.64. The fraction of sp³-hybridized carbons (Fsp3) is 0.136. The minimum Gasteiger partial charge on any atom is -0.481 e. The van der Waals surface area contributed by atoms with Crippen molar-refractivity contribution in [3.05, 3.63) is 71.9 Å². The van der Waals surface area contributed by atoms with Crippen molar-refractivity contribution in [1.82, 2.24) is 15.1 Å². The van der Waals surface area contributed by atoms with Gasteiger partial charge < -0.3 is 10.4 Å². The normalized spacial score (nSPS) is 17.4.